The van der Waals surface area contributed by atoms with Crippen molar-refractivity contribution in [3.63, 3.8) is 0 Å². The Balaban J connectivity index is 2.83. The van der Waals surface area contributed by atoms with Gasteiger partial charge in [0.25, 0.3) is 5.91 Å². The average molecular weight is 194 g/mol. The van der Waals surface area contributed by atoms with Crippen LogP contribution in [0.4, 0.5) is 5.82 Å². The molecule has 5 heteroatoms. The fourth-order valence-electron chi connectivity index (χ4n) is 1.12. The standard InChI is InChI=1S/C9H14N4O/c1-3-13(4-2)9(14)7-5-12-8(10)6-11-7/h5-6H,3-4H2,1-2H3,(H2,10,12). The molecule has 0 fully saturated rings. The number of nitrogens with two attached hydrogens (primary N) is 1. The third-order valence-corrected chi connectivity index (χ3v) is 1.94. The molecule has 0 bridgehead atoms. The van der Waals surface area contributed by atoms with Crippen LogP contribution in [0.15, 0.2) is 12.4 Å². The van der Waals surface area contributed by atoms with Gasteiger partial charge in [-0.2, -0.15) is 0 Å². The van der Waals surface area contributed by atoms with E-state index >= 15 is 0 Å². The lowest BCUT2D eigenvalue weighted by molar-refractivity contribution is 0.0766. The lowest BCUT2D eigenvalue weighted by Crippen LogP contribution is -2.31. The number of nitrogen functional groups attached to an aromatic ring is 1. The molecule has 0 saturated heterocycles. The molecule has 76 valence electrons. The Bertz CT molecular complexity index is 305. The number of carbonyl (C=O) groups is 1. The zero-order valence-electron chi connectivity index (χ0n) is 8.40. The third kappa shape index (κ3) is 2.18. The van der Waals surface area contributed by atoms with Gasteiger partial charge in [-0.1, -0.05) is 0 Å². The van der Waals surface area contributed by atoms with Crippen molar-refractivity contribution < 1.29 is 4.79 Å². The van der Waals surface area contributed by atoms with E-state index in [0.717, 1.165) is 0 Å². The van der Waals surface area contributed by atoms with E-state index in [1.54, 1.807) is 4.90 Å². The summed E-state index contributed by atoms with van der Waals surface area (Å²) in [7, 11) is 0. The Hall–Kier alpha value is -1.65. The zero-order valence-corrected chi connectivity index (χ0v) is 8.40. The summed E-state index contributed by atoms with van der Waals surface area (Å²) in [6.07, 6.45) is 2.78. The minimum atomic E-state index is -0.109. The second-order valence-electron chi connectivity index (χ2n) is 2.80. The number of hydrogen-bond acceptors (Lipinski definition) is 4. The molecule has 0 radical (unpaired) electrons. The van der Waals surface area contributed by atoms with Crippen molar-refractivity contribution in [2.45, 2.75) is 13.8 Å². The summed E-state index contributed by atoms with van der Waals surface area (Å²) >= 11 is 0. The molecule has 1 heterocycles. The first-order valence-electron chi connectivity index (χ1n) is 4.55. The van der Waals surface area contributed by atoms with E-state index in [9.17, 15) is 4.79 Å². The highest BCUT2D eigenvalue weighted by molar-refractivity contribution is 5.92. The predicted molar refractivity (Wildman–Crippen MR) is 53.7 cm³/mol. The molecule has 0 aromatic carbocycles. The highest BCUT2D eigenvalue weighted by atomic mass is 16.2. The normalized spacial score (nSPS) is 9.86. The quantitative estimate of drug-likeness (QED) is 0.762. The van der Waals surface area contributed by atoms with Gasteiger partial charge in [-0.25, -0.2) is 9.97 Å². The van der Waals surface area contributed by atoms with E-state index < -0.39 is 0 Å². The van der Waals surface area contributed by atoms with Crippen molar-refractivity contribution in [1.29, 1.82) is 0 Å². The van der Waals surface area contributed by atoms with Crippen LogP contribution in [0.25, 0.3) is 0 Å². The Morgan fingerprint density at radius 3 is 2.43 bits per heavy atom. The highest BCUT2D eigenvalue weighted by Crippen LogP contribution is 2.01. The average Bonchev–Trinajstić information content (AvgIpc) is 2.20. The number of amides is 1. The van der Waals surface area contributed by atoms with E-state index in [2.05, 4.69) is 9.97 Å². The van der Waals surface area contributed by atoms with E-state index in [1.165, 1.54) is 12.4 Å². The molecular formula is C9H14N4O. The number of aromatic nitrogens is 2. The van der Waals surface area contributed by atoms with Gasteiger partial charge in [0.2, 0.25) is 0 Å². The summed E-state index contributed by atoms with van der Waals surface area (Å²) in [5.74, 6) is 0.212. The minimum absolute atomic E-state index is 0.109. The van der Waals surface area contributed by atoms with E-state index in [1.807, 2.05) is 13.8 Å². The molecule has 1 aromatic heterocycles. The van der Waals surface area contributed by atoms with Crippen LogP contribution in [0.1, 0.15) is 24.3 Å². The Morgan fingerprint density at radius 2 is 2.00 bits per heavy atom. The van der Waals surface area contributed by atoms with Crippen molar-refractivity contribution in [2.24, 2.45) is 0 Å². The van der Waals surface area contributed by atoms with Crippen molar-refractivity contribution in [3.8, 4) is 0 Å². The van der Waals surface area contributed by atoms with Gasteiger partial charge in [0.05, 0.1) is 12.4 Å². The van der Waals surface area contributed by atoms with Gasteiger partial charge in [0.1, 0.15) is 11.5 Å². The lowest BCUT2D eigenvalue weighted by Gasteiger charge is -2.17. The molecule has 5 nitrogen and oxygen atoms in total. The molecule has 0 aliphatic rings. The molecular weight excluding hydrogens is 180 g/mol. The zero-order chi connectivity index (χ0) is 10.6. The molecule has 14 heavy (non-hydrogen) atoms. The first-order chi connectivity index (χ1) is 6.69. The number of anilines is 1. The van der Waals surface area contributed by atoms with Gasteiger partial charge in [0.15, 0.2) is 0 Å². The van der Waals surface area contributed by atoms with Crippen LogP contribution < -0.4 is 5.73 Å². The second kappa shape index (κ2) is 4.55. The number of carbonyl (C=O) groups excluding carboxylic acids is 1. The van der Waals surface area contributed by atoms with Crippen LogP contribution >= 0.6 is 0 Å². The number of hydrogen-bond donors (Lipinski definition) is 1. The first-order valence-corrected chi connectivity index (χ1v) is 4.55. The van der Waals surface area contributed by atoms with Gasteiger partial charge in [0, 0.05) is 13.1 Å². The Labute approximate surface area is 83.0 Å². The Morgan fingerprint density at radius 1 is 1.36 bits per heavy atom. The Kier molecular flexibility index (Phi) is 3.39. The summed E-state index contributed by atoms with van der Waals surface area (Å²) in [4.78, 5) is 21.1. The molecule has 1 amide bonds. The molecule has 0 saturated carbocycles. The first kappa shape index (κ1) is 10.4. The number of nitrogens with zero attached hydrogens (tertiary/aromatic N) is 3. The highest BCUT2D eigenvalue weighted by Gasteiger charge is 2.13. The maximum Gasteiger partial charge on any atom is 0.274 e. The summed E-state index contributed by atoms with van der Waals surface area (Å²) < 4.78 is 0. The fourth-order valence-corrected chi connectivity index (χ4v) is 1.12. The van der Waals surface area contributed by atoms with Gasteiger partial charge >= 0.3 is 0 Å². The van der Waals surface area contributed by atoms with Crippen LogP contribution in [0.3, 0.4) is 0 Å². The van der Waals surface area contributed by atoms with Gasteiger partial charge < -0.3 is 10.6 Å². The van der Waals surface area contributed by atoms with E-state index in [4.69, 9.17) is 5.73 Å². The van der Waals surface area contributed by atoms with Gasteiger partial charge in [-0.3, -0.25) is 4.79 Å². The molecule has 2 N–H and O–H groups in total. The van der Waals surface area contributed by atoms with Crippen LogP contribution in [0.5, 0.6) is 0 Å². The van der Waals surface area contributed by atoms with Crippen LogP contribution in [-0.4, -0.2) is 33.9 Å². The monoisotopic (exact) mass is 194 g/mol. The van der Waals surface area contributed by atoms with Gasteiger partial charge in [-0.15, -0.1) is 0 Å². The molecule has 0 unspecified atom stereocenters. The summed E-state index contributed by atoms with van der Waals surface area (Å²) in [6.45, 7) is 5.18. The van der Waals surface area contributed by atoms with E-state index in [-0.39, 0.29) is 5.91 Å². The predicted octanol–water partition coefficient (Wildman–Crippen LogP) is 0.541. The van der Waals surface area contributed by atoms with Crippen LogP contribution in [0, 0.1) is 0 Å². The molecule has 0 aliphatic heterocycles. The summed E-state index contributed by atoms with van der Waals surface area (Å²) in [6, 6.07) is 0. The fraction of sp³-hybridized carbons (Fsp3) is 0.444. The van der Waals surface area contributed by atoms with Crippen LogP contribution in [-0.2, 0) is 0 Å². The van der Waals surface area contributed by atoms with Crippen LogP contribution in [0.2, 0.25) is 0 Å². The third-order valence-electron chi connectivity index (χ3n) is 1.94. The molecule has 0 atom stereocenters. The van der Waals surface area contributed by atoms with Crippen molar-refractivity contribution >= 4 is 11.7 Å². The minimum Gasteiger partial charge on any atom is -0.382 e. The molecule has 1 rings (SSSR count). The summed E-state index contributed by atoms with van der Waals surface area (Å²) in [5.41, 5.74) is 5.71. The lowest BCUT2D eigenvalue weighted by atomic mass is 10.3. The smallest absolute Gasteiger partial charge is 0.274 e. The summed E-state index contributed by atoms with van der Waals surface area (Å²) in [5, 5.41) is 0. The largest absolute Gasteiger partial charge is 0.382 e. The maximum atomic E-state index is 11.7. The maximum absolute atomic E-state index is 11.7. The van der Waals surface area contributed by atoms with Crippen molar-refractivity contribution in [1.82, 2.24) is 14.9 Å². The SMILES string of the molecule is CCN(CC)C(=O)c1cnc(N)cn1. The molecule has 0 aliphatic carbocycles. The van der Waals surface area contributed by atoms with Crippen molar-refractivity contribution in [3.05, 3.63) is 18.1 Å². The molecule has 1 aromatic rings. The van der Waals surface area contributed by atoms with Gasteiger partial charge in [-0.05, 0) is 13.8 Å². The topological polar surface area (TPSA) is 72.1 Å². The second-order valence-corrected chi connectivity index (χ2v) is 2.80. The van der Waals surface area contributed by atoms with Crippen molar-refractivity contribution in [2.75, 3.05) is 18.8 Å². The number of rotatable bonds is 3. The molecule has 0 spiro atoms. The van der Waals surface area contributed by atoms with E-state index in [0.29, 0.717) is 24.6 Å².